The zero-order chi connectivity index (χ0) is 10.4. The molecule has 0 saturated carbocycles. The molecule has 0 aromatic heterocycles. The second-order valence-corrected chi connectivity index (χ2v) is 3.69. The van der Waals surface area contributed by atoms with Gasteiger partial charge in [-0.15, -0.1) is 0 Å². The molecule has 74 valence electrons. The van der Waals surface area contributed by atoms with E-state index in [2.05, 4.69) is 45.7 Å². The maximum absolute atomic E-state index is 4.51. The fraction of sp³-hybridized carbons (Fsp3) is 0.583. The van der Waals surface area contributed by atoms with E-state index in [1.54, 1.807) is 0 Å². The average Bonchev–Trinajstić information content (AvgIpc) is 2.01. The molecule has 0 atom stereocenters. The Hall–Kier alpha value is -0.850. The van der Waals surface area contributed by atoms with E-state index in [1.165, 1.54) is 11.1 Å². The molecule has 13 heavy (non-hydrogen) atoms. The molecule has 1 heteroatoms. The quantitative estimate of drug-likeness (QED) is 0.578. The van der Waals surface area contributed by atoms with Gasteiger partial charge in [-0.05, 0) is 47.1 Å². The molecule has 0 bridgehead atoms. The molecule has 0 aliphatic heterocycles. The average molecular weight is 179 g/mol. The highest BCUT2D eigenvalue weighted by Crippen LogP contribution is 2.09. The molecule has 0 N–H and O–H groups in total. The fourth-order valence-corrected chi connectivity index (χ4v) is 1.07. The summed E-state index contributed by atoms with van der Waals surface area (Å²) in [6, 6.07) is 0. The first kappa shape index (κ1) is 12.2. The SMILES string of the molecule is CC/C(C)=C(C)/N=C(/C)C=C(C)C. The maximum atomic E-state index is 4.51. The van der Waals surface area contributed by atoms with Crippen molar-refractivity contribution in [2.75, 3.05) is 0 Å². The number of nitrogens with zero attached hydrogens (tertiary/aromatic N) is 1. The van der Waals surface area contributed by atoms with Crippen LogP contribution in [0.1, 0.15) is 48.0 Å². The first-order valence-corrected chi connectivity index (χ1v) is 4.84. The van der Waals surface area contributed by atoms with Crippen LogP contribution in [0.3, 0.4) is 0 Å². The molecule has 0 fully saturated rings. The number of rotatable bonds is 3. The highest BCUT2D eigenvalue weighted by Gasteiger charge is 1.92. The van der Waals surface area contributed by atoms with Crippen molar-refractivity contribution >= 4 is 5.71 Å². The molecule has 0 rings (SSSR count). The van der Waals surface area contributed by atoms with Gasteiger partial charge in [0.1, 0.15) is 0 Å². The summed E-state index contributed by atoms with van der Waals surface area (Å²) in [6.07, 6.45) is 3.18. The van der Waals surface area contributed by atoms with Gasteiger partial charge in [0, 0.05) is 11.4 Å². The molecule has 0 radical (unpaired) electrons. The van der Waals surface area contributed by atoms with Gasteiger partial charge in [0.15, 0.2) is 0 Å². The molecule has 0 heterocycles. The molecule has 0 aromatic rings. The van der Waals surface area contributed by atoms with Gasteiger partial charge in [-0.25, -0.2) is 0 Å². The van der Waals surface area contributed by atoms with Crippen LogP contribution in [0.15, 0.2) is 27.9 Å². The molecule has 0 aliphatic rings. The lowest BCUT2D eigenvalue weighted by Gasteiger charge is -2.00. The van der Waals surface area contributed by atoms with E-state index in [0.29, 0.717) is 0 Å². The molecule has 0 saturated heterocycles. The Labute approximate surface area is 82.3 Å². The number of allylic oxidation sites excluding steroid dienone is 4. The zero-order valence-corrected chi connectivity index (χ0v) is 9.73. The fourth-order valence-electron chi connectivity index (χ4n) is 1.07. The van der Waals surface area contributed by atoms with Crippen LogP contribution in [0.25, 0.3) is 0 Å². The smallest absolute Gasteiger partial charge is 0.0375 e. The van der Waals surface area contributed by atoms with Crippen molar-refractivity contribution in [1.82, 2.24) is 0 Å². The summed E-state index contributed by atoms with van der Waals surface area (Å²) in [5, 5.41) is 0. The van der Waals surface area contributed by atoms with Crippen molar-refractivity contribution in [3.05, 3.63) is 22.9 Å². The van der Waals surface area contributed by atoms with Crippen LogP contribution in [0.5, 0.6) is 0 Å². The molecular weight excluding hydrogens is 158 g/mol. The predicted molar refractivity (Wildman–Crippen MR) is 61.2 cm³/mol. The number of hydrogen-bond donors (Lipinski definition) is 0. The minimum Gasteiger partial charge on any atom is -0.259 e. The van der Waals surface area contributed by atoms with Crippen molar-refractivity contribution in [3.8, 4) is 0 Å². The lowest BCUT2D eigenvalue weighted by molar-refractivity contribution is 1.04. The van der Waals surface area contributed by atoms with E-state index in [-0.39, 0.29) is 0 Å². The monoisotopic (exact) mass is 179 g/mol. The summed E-state index contributed by atoms with van der Waals surface area (Å²) < 4.78 is 0. The van der Waals surface area contributed by atoms with Crippen LogP contribution in [0, 0.1) is 0 Å². The van der Waals surface area contributed by atoms with E-state index < -0.39 is 0 Å². The molecule has 0 aliphatic carbocycles. The third-order valence-electron chi connectivity index (χ3n) is 1.99. The standard InChI is InChI=1S/C12H21N/c1-7-10(4)12(6)13-11(5)8-9(2)3/h8H,7H2,1-6H3/b12-10+,13-11-. The Morgan fingerprint density at radius 2 is 1.62 bits per heavy atom. The first-order chi connectivity index (χ1) is 5.97. The van der Waals surface area contributed by atoms with Crippen LogP contribution < -0.4 is 0 Å². The van der Waals surface area contributed by atoms with Crippen LogP contribution in [-0.2, 0) is 0 Å². The molecule has 0 spiro atoms. The molecule has 0 aromatic carbocycles. The second-order valence-electron chi connectivity index (χ2n) is 3.69. The predicted octanol–water partition coefficient (Wildman–Crippen LogP) is 4.12. The second kappa shape index (κ2) is 5.74. The summed E-state index contributed by atoms with van der Waals surface area (Å²) >= 11 is 0. The van der Waals surface area contributed by atoms with E-state index >= 15 is 0 Å². The summed E-state index contributed by atoms with van der Waals surface area (Å²) in [5.74, 6) is 0. The van der Waals surface area contributed by atoms with Crippen molar-refractivity contribution in [2.45, 2.75) is 48.0 Å². The van der Waals surface area contributed by atoms with Gasteiger partial charge in [0.25, 0.3) is 0 Å². The Morgan fingerprint density at radius 1 is 1.08 bits per heavy atom. The number of aliphatic imine (C=N–C) groups is 1. The third kappa shape index (κ3) is 5.40. The van der Waals surface area contributed by atoms with Crippen LogP contribution in [-0.4, -0.2) is 5.71 Å². The van der Waals surface area contributed by atoms with Crippen molar-refractivity contribution < 1.29 is 0 Å². The lowest BCUT2D eigenvalue weighted by atomic mass is 10.2. The summed E-state index contributed by atoms with van der Waals surface area (Å²) in [4.78, 5) is 4.51. The Morgan fingerprint density at radius 3 is 2.00 bits per heavy atom. The van der Waals surface area contributed by atoms with Crippen LogP contribution in [0.2, 0.25) is 0 Å². The van der Waals surface area contributed by atoms with Gasteiger partial charge < -0.3 is 0 Å². The van der Waals surface area contributed by atoms with Gasteiger partial charge in [-0.1, -0.05) is 18.1 Å². The van der Waals surface area contributed by atoms with Crippen molar-refractivity contribution in [1.29, 1.82) is 0 Å². The lowest BCUT2D eigenvalue weighted by Crippen LogP contribution is -1.88. The first-order valence-electron chi connectivity index (χ1n) is 4.84. The Bertz CT molecular complexity index is 250. The number of hydrogen-bond acceptors (Lipinski definition) is 1. The topological polar surface area (TPSA) is 12.4 Å². The van der Waals surface area contributed by atoms with Crippen LogP contribution >= 0.6 is 0 Å². The van der Waals surface area contributed by atoms with E-state index in [4.69, 9.17) is 0 Å². The summed E-state index contributed by atoms with van der Waals surface area (Å²) in [6.45, 7) is 12.6. The van der Waals surface area contributed by atoms with E-state index in [0.717, 1.165) is 17.8 Å². The van der Waals surface area contributed by atoms with Gasteiger partial charge in [-0.2, -0.15) is 0 Å². The normalized spacial score (nSPS) is 13.8. The zero-order valence-electron chi connectivity index (χ0n) is 9.73. The summed E-state index contributed by atoms with van der Waals surface area (Å²) in [5.41, 5.74) is 4.90. The van der Waals surface area contributed by atoms with E-state index in [9.17, 15) is 0 Å². The van der Waals surface area contributed by atoms with Crippen molar-refractivity contribution in [3.63, 3.8) is 0 Å². The Kier molecular flexibility index (Phi) is 5.36. The van der Waals surface area contributed by atoms with Gasteiger partial charge >= 0.3 is 0 Å². The van der Waals surface area contributed by atoms with Gasteiger partial charge in [-0.3, -0.25) is 4.99 Å². The summed E-state index contributed by atoms with van der Waals surface area (Å²) in [7, 11) is 0. The van der Waals surface area contributed by atoms with Gasteiger partial charge in [0.2, 0.25) is 0 Å². The van der Waals surface area contributed by atoms with E-state index in [1.807, 2.05) is 6.92 Å². The molecule has 0 unspecified atom stereocenters. The largest absolute Gasteiger partial charge is 0.259 e. The van der Waals surface area contributed by atoms with Crippen LogP contribution in [0.4, 0.5) is 0 Å². The van der Waals surface area contributed by atoms with Gasteiger partial charge in [0.05, 0.1) is 0 Å². The minimum absolute atomic E-state index is 1.08. The molecule has 1 nitrogen and oxygen atoms in total. The highest BCUT2D eigenvalue weighted by molar-refractivity contribution is 5.93. The minimum atomic E-state index is 1.08. The van der Waals surface area contributed by atoms with Crippen molar-refractivity contribution in [2.24, 2.45) is 4.99 Å². The molecular formula is C12H21N. The molecule has 0 amide bonds. The maximum Gasteiger partial charge on any atom is 0.0375 e. The third-order valence-corrected chi connectivity index (χ3v) is 1.99. The Balaban J connectivity index is 4.67. The highest BCUT2D eigenvalue weighted by atomic mass is 14.7.